The molecule has 0 N–H and O–H groups in total. The highest BCUT2D eigenvalue weighted by molar-refractivity contribution is 8.00. The molecule has 2 aliphatic heterocycles. The van der Waals surface area contributed by atoms with Crippen LogP contribution in [0.4, 0.5) is 5.82 Å². The van der Waals surface area contributed by atoms with Crippen molar-refractivity contribution < 1.29 is 14.4 Å². The van der Waals surface area contributed by atoms with E-state index in [9.17, 15) is 14.4 Å². The summed E-state index contributed by atoms with van der Waals surface area (Å²) >= 11 is 14.7. The number of amides is 3. The largest absolute Gasteiger partial charge is 0.339 e. The Morgan fingerprint density at radius 3 is 2.30 bits per heavy atom. The molecule has 0 radical (unpaired) electrons. The molecule has 6 rings (SSSR count). The van der Waals surface area contributed by atoms with Crippen LogP contribution >= 0.6 is 35.0 Å². The SMILES string of the molecule is CC(=O)N1CCN(C(=O)CN2C(=O)CS[C@H](c3cccc(Cl)c3)c3c(-c4ccccc4)nn(-c4ccccc4Cl)c32)CC1. The highest BCUT2D eigenvalue weighted by Gasteiger charge is 2.39. The van der Waals surface area contributed by atoms with Gasteiger partial charge >= 0.3 is 0 Å². The van der Waals surface area contributed by atoms with E-state index in [0.717, 1.165) is 16.7 Å². The summed E-state index contributed by atoms with van der Waals surface area (Å²) in [5.41, 5.74) is 3.89. The molecule has 1 atom stereocenters. The Hall–Kier alpha value is -3.79. The van der Waals surface area contributed by atoms with Gasteiger partial charge in [-0.05, 0) is 29.8 Å². The summed E-state index contributed by atoms with van der Waals surface area (Å²) in [4.78, 5) is 44.6. The van der Waals surface area contributed by atoms with Crippen molar-refractivity contribution in [2.45, 2.75) is 12.2 Å². The van der Waals surface area contributed by atoms with Crippen LogP contribution in [-0.4, -0.2) is 75.8 Å². The quantitative estimate of drug-likeness (QED) is 0.281. The van der Waals surface area contributed by atoms with Gasteiger partial charge in [0.05, 0.1) is 27.4 Å². The van der Waals surface area contributed by atoms with Gasteiger partial charge in [0.15, 0.2) is 0 Å². The fourth-order valence-corrected chi connectivity index (χ4v) is 7.16. The molecular weight excluding hydrogens is 605 g/mol. The van der Waals surface area contributed by atoms with Crippen LogP contribution < -0.4 is 4.90 Å². The van der Waals surface area contributed by atoms with Crippen molar-refractivity contribution in [3.8, 4) is 16.9 Å². The molecule has 1 fully saturated rings. The summed E-state index contributed by atoms with van der Waals surface area (Å²) in [6.07, 6.45) is 0. The number of thioether (sulfide) groups is 1. The summed E-state index contributed by atoms with van der Waals surface area (Å²) in [6, 6.07) is 24.7. The number of carbonyl (C=O) groups excluding carboxylic acids is 3. The lowest BCUT2D eigenvalue weighted by atomic mass is 9.99. The Morgan fingerprint density at radius 2 is 1.60 bits per heavy atom. The van der Waals surface area contributed by atoms with Crippen LogP contribution in [0.1, 0.15) is 23.3 Å². The molecule has 2 aliphatic rings. The van der Waals surface area contributed by atoms with E-state index in [1.54, 1.807) is 25.4 Å². The summed E-state index contributed by atoms with van der Waals surface area (Å²) < 4.78 is 1.70. The molecule has 3 heterocycles. The van der Waals surface area contributed by atoms with Crippen molar-refractivity contribution in [3.05, 3.63) is 100 Å². The van der Waals surface area contributed by atoms with Gasteiger partial charge in [-0.1, -0.05) is 77.8 Å². The van der Waals surface area contributed by atoms with Crippen molar-refractivity contribution in [1.29, 1.82) is 0 Å². The number of benzene rings is 3. The molecule has 4 aromatic rings. The van der Waals surface area contributed by atoms with Crippen LogP contribution in [0.3, 0.4) is 0 Å². The number of hydrogen-bond acceptors (Lipinski definition) is 5. The Labute approximate surface area is 264 Å². The minimum atomic E-state index is -0.302. The molecule has 43 heavy (non-hydrogen) atoms. The third-order valence-electron chi connectivity index (χ3n) is 7.74. The topological polar surface area (TPSA) is 78.8 Å². The van der Waals surface area contributed by atoms with Crippen LogP contribution in [0.15, 0.2) is 78.9 Å². The smallest absolute Gasteiger partial charge is 0.242 e. The monoisotopic (exact) mass is 633 g/mol. The van der Waals surface area contributed by atoms with Gasteiger partial charge in [0, 0.05) is 49.3 Å². The minimum absolute atomic E-state index is 0.0133. The second kappa shape index (κ2) is 12.4. The van der Waals surface area contributed by atoms with E-state index in [2.05, 4.69) is 0 Å². The van der Waals surface area contributed by atoms with Crippen molar-refractivity contribution in [2.24, 2.45) is 0 Å². The number of hydrogen-bond donors (Lipinski definition) is 0. The van der Waals surface area contributed by atoms with Crippen LogP contribution in [0.2, 0.25) is 10.0 Å². The van der Waals surface area contributed by atoms with E-state index in [1.165, 1.54) is 18.7 Å². The molecule has 0 bridgehead atoms. The van der Waals surface area contributed by atoms with Gasteiger partial charge in [0.1, 0.15) is 12.4 Å². The molecule has 0 saturated carbocycles. The van der Waals surface area contributed by atoms with Crippen molar-refractivity contribution in [2.75, 3.05) is 43.4 Å². The predicted molar refractivity (Wildman–Crippen MR) is 171 cm³/mol. The van der Waals surface area contributed by atoms with Crippen molar-refractivity contribution in [1.82, 2.24) is 19.6 Å². The van der Waals surface area contributed by atoms with Gasteiger partial charge in [-0.25, -0.2) is 4.68 Å². The van der Waals surface area contributed by atoms with Crippen LogP contribution in [-0.2, 0) is 14.4 Å². The molecule has 1 aromatic heterocycles. The molecule has 0 spiro atoms. The van der Waals surface area contributed by atoms with E-state index in [4.69, 9.17) is 28.3 Å². The first-order valence-corrected chi connectivity index (χ1v) is 15.8. The van der Waals surface area contributed by atoms with Crippen molar-refractivity contribution >= 4 is 58.5 Å². The average molecular weight is 635 g/mol. The number of rotatable bonds is 5. The van der Waals surface area contributed by atoms with Gasteiger partial charge in [0.2, 0.25) is 17.7 Å². The molecule has 0 unspecified atom stereocenters. The maximum atomic E-state index is 14.0. The molecule has 11 heteroatoms. The fourth-order valence-electron chi connectivity index (χ4n) is 5.56. The first kappa shape index (κ1) is 29.3. The second-order valence-corrected chi connectivity index (χ2v) is 12.4. The number of fused-ring (bicyclic) bond motifs is 1. The first-order valence-electron chi connectivity index (χ1n) is 14.0. The maximum absolute atomic E-state index is 14.0. The Kier molecular flexibility index (Phi) is 8.47. The lowest BCUT2D eigenvalue weighted by Gasteiger charge is -2.35. The molecule has 3 aromatic carbocycles. The molecule has 220 valence electrons. The van der Waals surface area contributed by atoms with E-state index >= 15 is 0 Å². The van der Waals surface area contributed by atoms with Crippen molar-refractivity contribution in [3.63, 3.8) is 0 Å². The molecule has 3 amide bonds. The average Bonchev–Trinajstić information content (AvgIpc) is 3.33. The second-order valence-electron chi connectivity index (χ2n) is 10.4. The van der Waals surface area contributed by atoms with Gasteiger partial charge in [-0.15, -0.1) is 11.8 Å². The van der Waals surface area contributed by atoms with Crippen LogP contribution in [0.5, 0.6) is 0 Å². The number of para-hydroxylation sites is 1. The van der Waals surface area contributed by atoms with Crippen LogP contribution in [0, 0.1) is 0 Å². The number of anilines is 1. The predicted octanol–water partition coefficient (Wildman–Crippen LogP) is 5.71. The Bertz CT molecular complexity index is 1690. The number of piperazine rings is 1. The van der Waals surface area contributed by atoms with Gasteiger partial charge in [-0.3, -0.25) is 19.3 Å². The summed E-state index contributed by atoms with van der Waals surface area (Å²) in [7, 11) is 0. The van der Waals surface area contributed by atoms with Gasteiger partial charge < -0.3 is 9.80 Å². The Morgan fingerprint density at radius 1 is 0.907 bits per heavy atom. The number of halogens is 2. The number of aromatic nitrogens is 2. The minimum Gasteiger partial charge on any atom is -0.339 e. The van der Waals surface area contributed by atoms with E-state index in [0.29, 0.717) is 53.4 Å². The Balaban J connectivity index is 1.53. The third-order valence-corrected chi connectivity index (χ3v) is 9.55. The molecule has 0 aliphatic carbocycles. The van der Waals surface area contributed by atoms with Gasteiger partial charge in [-0.2, -0.15) is 5.10 Å². The number of nitrogens with zero attached hydrogens (tertiary/aromatic N) is 5. The zero-order valence-corrected chi connectivity index (χ0v) is 25.8. The summed E-state index contributed by atoms with van der Waals surface area (Å²) in [6.45, 7) is 3.10. The third kappa shape index (κ3) is 5.89. The zero-order valence-electron chi connectivity index (χ0n) is 23.5. The number of carbonyl (C=O) groups is 3. The highest BCUT2D eigenvalue weighted by atomic mass is 35.5. The normalized spacial score (nSPS) is 17.0. The lowest BCUT2D eigenvalue weighted by Crippen LogP contribution is -2.53. The highest BCUT2D eigenvalue weighted by Crippen LogP contribution is 2.49. The standard InChI is InChI=1S/C32H29Cl2N5O3S/c1-21(40)36-14-16-37(17-15-36)27(41)19-38-28(42)20-43-31(23-10-7-11-24(33)18-23)29-30(22-8-3-2-4-9-22)35-39(32(29)38)26-13-6-5-12-25(26)34/h2-13,18,31H,14-17,19-20H2,1H3/t31-/m1/s1. The first-order chi connectivity index (χ1) is 20.8. The zero-order chi connectivity index (χ0) is 30.1. The maximum Gasteiger partial charge on any atom is 0.242 e. The molecular formula is C32H29Cl2N5O3S. The summed E-state index contributed by atoms with van der Waals surface area (Å²) in [5, 5.41) is 5.84. The molecule has 8 nitrogen and oxygen atoms in total. The van der Waals surface area contributed by atoms with E-state index < -0.39 is 0 Å². The molecule has 1 saturated heterocycles. The lowest BCUT2D eigenvalue weighted by molar-refractivity contribution is -0.137. The fraction of sp³-hybridized carbons (Fsp3) is 0.250. The van der Waals surface area contributed by atoms with Crippen LogP contribution in [0.25, 0.3) is 16.9 Å². The van der Waals surface area contributed by atoms with E-state index in [-0.39, 0.29) is 35.3 Å². The van der Waals surface area contributed by atoms with E-state index in [1.807, 2.05) is 72.8 Å². The summed E-state index contributed by atoms with van der Waals surface area (Å²) in [5.74, 6) is 0.234. The van der Waals surface area contributed by atoms with Gasteiger partial charge in [0.25, 0.3) is 0 Å².